The molecule has 13 nitrogen and oxygen atoms in total. The number of phenols is 1. The van der Waals surface area contributed by atoms with Crippen LogP contribution in [-0.4, -0.2) is 70.9 Å². The van der Waals surface area contributed by atoms with Crippen molar-refractivity contribution in [1.29, 1.82) is 0 Å². The topological polar surface area (TPSA) is 182 Å². The summed E-state index contributed by atoms with van der Waals surface area (Å²) in [5, 5.41) is 29.3. The number of aryl methyl sites for hydroxylation is 1. The van der Waals surface area contributed by atoms with Crippen LogP contribution in [0.25, 0.3) is 5.76 Å². The Morgan fingerprint density at radius 1 is 1.14 bits per heavy atom. The first kappa shape index (κ1) is 32.3. The normalized spacial score (nSPS) is 16.7. The molecule has 44 heavy (non-hydrogen) atoms. The lowest BCUT2D eigenvalue weighted by Crippen LogP contribution is -2.29. The van der Waals surface area contributed by atoms with Gasteiger partial charge in [0.1, 0.15) is 23.9 Å². The maximum atomic E-state index is 13.5. The Kier molecular flexibility index (Phi) is 9.79. The smallest absolute Gasteiger partial charge is 0.350 e. The number of esters is 1. The van der Waals surface area contributed by atoms with Crippen molar-refractivity contribution >= 4 is 61.8 Å². The zero-order valence-corrected chi connectivity index (χ0v) is 26.3. The largest absolute Gasteiger partial charge is 0.507 e. The van der Waals surface area contributed by atoms with E-state index in [1.807, 2.05) is 0 Å². The molecule has 2 aliphatic heterocycles. The Balaban J connectivity index is 0.00000104. The second-order valence-corrected chi connectivity index (χ2v) is 11.1. The molecule has 1 saturated heterocycles. The molecule has 3 aromatic rings. The van der Waals surface area contributed by atoms with Crippen LogP contribution in [0.4, 0.5) is 5.13 Å². The molecule has 15 heteroatoms. The van der Waals surface area contributed by atoms with Crippen LogP contribution < -0.4 is 19.1 Å². The Morgan fingerprint density at radius 3 is 2.43 bits per heavy atom. The number of aromatic hydroxyl groups is 1. The molecule has 1 aromatic heterocycles. The molecular formula is C29H27BrN2O11S. The number of aliphatic hydroxyl groups excluding tert-OH is 1. The number of carbonyl (C=O) groups is 4. The van der Waals surface area contributed by atoms with Gasteiger partial charge in [0.2, 0.25) is 0 Å². The number of aliphatic hydroxyl groups is 1. The molecule has 1 fully saturated rings. The van der Waals surface area contributed by atoms with Crippen molar-refractivity contribution in [2.24, 2.45) is 0 Å². The van der Waals surface area contributed by atoms with Gasteiger partial charge >= 0.3 is 11.9 Å². The van der Waals surface area contributed by atoms with Crippen molar-refractivity contribution in [3.8, 4) is 23.0 Å². The summed E-state index contributed by atoms with van der Waals surface area (Å²) >= 11 is 4.17. The molecule has 0 saturated carbocycles. The Morgan fingerprint density at radius 2 is 1.80 bits per heavy atom. The molecule has 0 radical (unpaired) electrons. The predicted molar refractivity (Wildman–Crippen MR) is 161 cm³/mol. The highest BCUT2D eigenvalue weighted by atomic mass is 79.9. The van der Waals surface area contributed by atoms with Crippen molar-refractivity contribution in [2.45, 2.75) is 26.8 Å². The zero-order valence-electron chi connectivity index (χ0n) is 23.9. The number of nitrogens with zero attached hydrogens (tertiary/aromatic N) is 2. The summed E-state index contributed by atoms with van der Waals surface area (Å²) in [5.41, 5.74) is 0.632. The number of hydrogen-bond donors (Lipinski definition) is 3. The van der Waals surface area contributed by atoms with Gasteiger partial charge in [0.15, 0.2) is 28.1 Å². The van der Waals surface area contributed by atoms with Crippen LogP contribution in [-0.2, 0) is 19.1 Å². The molecule has 2 aromatic carbocycles. The number of methoxy groups -OCH3 is 1. The lowest BCUT2D eigenvalue weighted by Gasteiger charge is -2.24. The number of aliphatic carboxylic acids is 1. The maximum Gasteiger partial charge on any atom is 0.350 e. The van der Waals surface area contributed by atoms with Gasteiger partial charge in [-0.1, -0.05) is 11.3 Å². The quantitative estimate of drug-likeness (QED) is 0.142. The summed E-state index contributed by atoms with van der Waals surface area (Å²) in [7, 11) is 1.35. The fourth-order valence-electron chi connectivity index (χ4n) is 4.47. The number of rotatable bonds is 6. The first-order valence-corrected chi connectivity index (χ1v) is 14.6. The lowest BCUT2D eigenvalue weighted by atomic mass is 9.95. The molecule has 0 aliphatic carbocycles. The second kappa shape index (κ2) is 13.3. The number of halogens is 1. The molecular weight excluding hydrogens is 664 g/mol. The fourth-order valence-corrected chi connectivity index (χ4v) is 5.92. The summed E-state index contributed by atoms with van der Waals surface area (Å²) in [5.74, 6) is -3.09. The van der Waals surface area contributed by atoms with Crippen LogP contribution in [0.2, 0.25) is 0 Å². The van der Waals surface area contributed by atoms with E-state index >= 15 is 0 Å². The molecule has 3 heterocycles. The zero-order chi connectivity index (χ0) is 32.3. The van der Waals surface area contributed by atoms with E-state index < -0.39 is 35.4 Å². The molecule has 1 unspecified atom stereocenters. The lowest BCUT2D eigenvalue weighted by molar-refractivity contribution is -0.134. The van der Waals surface area contributed by atoms with E-state index in [4.69, 9.17) is 28.8 Å². The number of aromatic nitrogens is 1. The number of carboxylic acid groups (broad SMARTS) is 1. The monoisotopic (exact) mass is 690 g/mol. The first-order chi connectivity index (χ1) is 20.9. The van der Waals surface area contributed by atoms with E-state index in [1.165, 1.54) is 25.3 Å². The number of Topliss-reactive ketones (excluding diaryl/α,β-unsaturated/α-hetero) is 1. The Labute approximate surface area is 263 Å². The summed E-state index contributed by atoms with van der Waals surface area (Å²) in [6.07, 6.45) is 0. The fraction of sp³-hybridized carbons (Fsp3) is 0.276. The number of thiazole rings is 1. The average Bonchev–Trinajstić information content (AvgIpc) is 3.49. The van der Waals surface area contributed by atoms with Crippen molar-refractivity contribution in [3.63, 3.8) is 0 Å². The van der Waals surface area contributed by atoms with Gasteiger partial charge in [-0.25, -0.2) is 9.78 Å². The standard InChI is InChI=1S/C27H23BrN2O9S.C2H4O2/c1-4-37-26(35)24-12(2)29-27(40-24)30-20(14-9-15(28)22(32)18(11-14)36-3)19(23(33)25(30)34)21(31)13-5-6-16-17(10-13)39-8-7-38-16;1-2(3)4/h5-6,9-11,20,31-32H,4,7-8H2,1-3H3;1H3,(H,3,4). The highest BCUT2D eigenvalue weighted by molar-refractivity contribution is 9.10. The number of hydrogen-bond acceptors (Lipinski definition) is 12. The number of carbonyl (C=O) groups excluding carboxylic acids is 3. The number of anilines is 1. The molecule has 232 valence electrons. The SMILES string of the molecule is CC(=O)O.CCOC(=O)c1sc(N2C(=O)C(=O)C(=C(O)c3ccc4c(c3)OCCO4)C2c2cc(Br)c(O)c(OC)c2)nc1C. The Hall–Kier alpha value is -4.63. The van der Waals surface area contributed by atoms with Gasteiger partial charge in [0, 0.05) is 12.5 Å². The van der Waals surface area contributed by atoms with Crippen LogP contribution in [0, 0.1) is 6.92 Å². The number of amides is 1. The number of ether oxygens (including phenoxy) is 4. The third-order valence-corrected chi connectivity index (χ3v) is 8.04. The molecule has 5 rings (SSSR count). The van der Waals surface area contributed by atoms with E-state index in [1.54, 1.807) is 26.0 Å². The minimum absolute atomic E-state index is 0.0528. The first-order valence-electron chi connectivity index (χ1n) is 13.0. The highest BCUT2D eigenvalue weighted by Gasteiger charge is 2.49. The number of ketones is 1. The van der Waals surface area contributed by atoms with Crippen LogP contribution >= 0.6 is 27.3 Å². The van der Waals surface area contributed by atoms with Crippen LogP contribution in [0.5, 0.6) is 23.0 Å². The van der Waals surface area contributed by atoms with Gasteiger partial charge in [0.05, 0.1) is 35.5 Å². The molecule has 3 N–H and O–H groups in total. The van der Waals surface area contributed by atoms with E-state index in [0.29, 0.717) is 36.0 Å². The van der Waals surface area contributed by atoms with Crippen LogP contribution in [0.3, 0.4) is 0 Å². The van der Waals surface area contributed by atoms with Crippen molar-refractivity contribution < 1.29 is 53.4 Å². The van der Waals surface area contributed by atoms with Crippen molar-refractivity contribution in [2.75, 3.05) is 31.8 Å². The van der Waals surface area contributed by atoms with E-state index in [9.17, 15) is 24.6 Å². The van der Waals surface area contributed by atoms with Gasteiger partial charge in [-0.05, 0) is 65.7 Å². The van der Waals surface area contributed by atoms with Gasteiger partial charge in [0.25, 0.3) is 11.8 Å². The van der Waals surface area contributed by atoms with E-state index in [2.05, 4.69) is 20.9 Å². The Bertz CT molecular complexity index is 1680. The van der Waals surface area contributed by atoms with E-state index in [0.717, 1.165) is 23.2 Å². The van der Waals surface area contributed by atoms with Crippen molar-refractivity contribution in [3.05, 3.63) is 62.1 Å². The van der Waals surface area contributed by atoms with Crippen LogP contribution in [0.1, 0.15) is 46.4 Å². The average molecular weight is 692 g/mol. The van der Waals surface area contributed by atoms with Crippen molar-refractivity contribution in [1.82, 2.24) is 4.98 Å². The highest BCUT2D eigenvalue weighted by Crippen LogP contribution is 2.47. The van der Waals surface area contributed by atoms with E-state index in [-0.39, 0.29) is 43.7 Å². The molecule has 2 aliphatic rings. The predicted octanol–water partition coefficient (Wildman–Crippen LogP) is 4.59. The minimum atomic E-state index is -1.19. The summed E-state index contributed by atoms with van der Waals surface area (Å²) in [4.78, 5) is 54.3. The molecule has 1 atom stereocenters. The molecule has 1 amide bonds. The van der Waals surface area contributed by atoms with Crippen LogP contribution in [0.15, 0.2) is 40.4 Å². The third kappa shape index (κ3) is 6.33. The molecule has 0 bridgehead atoms. The second-order valence-electron chi connectivity index (χ2n) is 9.23. The number of carboxylic acids is 1. The van der Waals surface area contributed by atoms with Gasteiger partial charge < -0.3 is 34.3 Å². The number of benzene rings is 2. The number of phenolic OH excluding ortho intramolecular Hbond substituents is 1. The van der Waals surface area contributed by atoms with Gasteiger partial charge in [-0.3, -0.25) is 19.3 Å². The number of fused-ring (bicyclic) bond motifs is 1. The maximum absolute atomic E-state index is 13.5. The summed E-state index contributed by atoms with van der Waals surface area (Å²) in [6, 6.07) is 6.43. The summed E-state index contributed by atoms with van der Waals surface area (Å²) in [6.45, 7) is 5.18. The van der Waals surface area contributed by atoms with Gasteiger partial charge in [-0.2, -0.15) is 0 Å². The third-order valence-electron chi connectivity index (χ3n) is 6.30. The van der Waals surface area contributed by atoms with Gasteiger partial charge in [-0.15, -0.1) is 0 Å². The molecule has 0 spiro atoms. The summed E-state index contributed by atoms with van der Waals surface area (Å²) < 4.78 is 21.8. The minimum Gasteiger partial charge on any atom is -0.507 e.